The topological polar surface area (TPSA) is 41.1 Å². The Balaban J connectivity index is 0.00000180. The maximum Gasteiger partial charge on any atom is 0.228 e. The van der Waals surface area contributed by atoms with Crippen molar-refractivity contribution in [2.45, 2.75) is 32.2 Å². The fourth-order valence-corrected chi connectivity index (χ4v) is 3.29. The van der Waals surface area contributed by atoms with Gasteiger partial charge >= 0.3 is 0 Å². The number of hydrogen-bond acceptors (Lipinski definition) is 3. The van der Waals surface area contributed by atoms with Crippen LogP contribution in [0.2, 0.25) is 4.34 Å². The molecule has 3 atom stereocenters. The van der Waals surface area contributed by atoms with Crippen LogP contribution in [0.3, 0.4) is 0 Å². The van der Waals surface area contributed by atoms with Crippen molar-refractivity contribution < 1.29 is 4.79 Å². The molecule has 0 aromatic carbocycles. The van der Waals surface area contributed by atoms with Gasteiger partial charge in [0.1, 0.15) is 0 Å². The van der Waals surface area contributed by atoms with Crippen molar-refractivity contribution >= 4 is 41.3 Å². The summed E-state index contributed by atoms with van der Waals surface area (Å²) in [5.74, 6) is 0.500. The summed E-state index contributed by atoms with van der Waals surface area (Å²) in [6, 6.07) is 4.01. The number of carbonyl (C=O) groups excluding carboxylic acids is 1. The van der Waals surface area contributed by atoms with Gasteiger partial charge in [-0.3, -0.25) is 4.79 Å². The summed E-state index contributed by atoms with van der Waals surface area (Å²) in [6.07, 6.45) is 1.12. The van der Waals surface area contributed by atoms with Gasteiger partial charge in [0.05, 0.1) is 10.3 Å². The summed E-state index contributed by atoms with van der Waals surface area (Å²) in [4.78, 5) is 13.2. The van der Waals surface area contributed by atoms with Crippen molar-refractivity contribution in [3.8, 4) is 0 Å². The Morgan fingerprint density at radius 3 is 2.89 bits per heavy atom. The van der Waals surface area contributed by atoms with Crippen LogP contribution in [0.1, 0.15) is 31.1 Å². The normalized spacial score (nSPS) is 24.4. The molecule has 1 aliphatic heterocycles. The summed E-state index contributed by atoms with van der Waals surface area (Å²) in [5.41, 5.74) is 0. The zero-order chi connectivity index (χ0) is 13.1. The van der Waals surface area contributed by atoms with Crippen LogP contribution in [0.5, 0.6) is 0 Å². The summed E-state index contributed by atoms with van der Waals surface area (Å²) < 4.78 is 0.734. The molecule has 0 radical (unpaired) electrons. The standard InChI is InChI=1S/C13H19ClN2OS.ClH/c1-8-5-6-15-7-10(8)16-13(17)9(2)11-3-4-12(14)18-11;/h3-4,8-10,15H,5-7H2,1-2H3,(H,16,17);1H. The van der Waals surface area contributed by atoms with E-state index in [2.05, 4.69) is 17.6 Å². The summed E-state index contributed by atoms with van der Waals surface area (Å²) in [6.45, 7) is 6.03. The van der Waals surface area contributed by atoms with Crippen molar-refractivity contribution in [2.24, 2.45) is 5.92 Å². The van der Waals surface area contributed by atoms with Crippen molar-refractivity contribution in [3.05, 3.63) is 21.3 Å². The molecule has 1 aliphatic rings. The van der Waals surface area contributed by atoms with E-state index in [1.807, 2.05) is 19.1 Å². The van der Waals surface area contributed by atoms with Crippen molar-refractivity contribution in [3.63, 3.8) is 0 Å². The average Bonchev–Trinajstić information content (AvgIpc) is 2.78. The molecule has 1 aromatic heterocycles. The van der Waals surface area contributed by atoms with Crippen LogP contribution in [-0.2, 0) is 4.79 Å². The first-order valence-electron chi connectivity index (χ1n) is 6.34. The Labute approximate surface area is 129 Å². The quantitative estimate of drug-likeness (QED) is 0.898. The zero-order valence-corrected chi connectivity index (χ0v) is 13.5. The van der Waals surface area contributed by atoms with E-state index in [9.17, 15) is 4.79 Å². The third kappa shape index (κ3) is 4.35. The second-order valence-corrected chi connectivity index (χ2v) is 6.70. The van der Waals surface area contributed by atoms with Gasteiger partial charge in [-0.05, 0) is 37.9 Å². The second kappa shape index (κ2) is 7.48. The molecule has 0 aliphatic carbocycles. The Morgan fingerprint density at radius 2 is 2.32 bits per heavy atom. The summed E-state index contributed by atoms with van der Waals surface area (Å²) in [5, 5.41) is 6.46. The molecule has 1 amide bonds. The van der Waals surface area contributed by atoms with Crippen molar-refractivity contribution in [1.82, 2.24) is 10.6 Å². The zero-order valence-electron chi connectivity index (χ0n) is 11.1. The minimum absolute atomic E-state index is 0. The van der Waals surface area contributed by atoms with Crippen LogP contribution in [0, 0.1) is 5.92 Å². The summed E-state index contributed by atoms with van der Waals surface area (Å²) in [7, 11) is 0. The molecule has 3 unspecified atom stereocenters. The largest absolute Gasteiger partial charge is 0.351 e. The number of amides is 1. The van der Waals surface area contributed by atoms with E-state index in [1.54, 1.807) is 0 Å². The van der Waals surface area contributed by atoms with Gasteiger partial charge in [-0.15, -0.1) is 23.7 Å². The van der Waals surface area contributed by atoms with Crippen LogP contribution in [0.4, 0.5) is 0 Å². The Morgan fingerprint density at radius 1 is 1.58 bits per heavy atom. The smallest absolute Gasteiger partial charge is 0.228 e. The van der Waals surface area contributed by atoms with Crippen LogP contribution in [0.15, 0.2) is 12.1 Å². The summed E-state index contributed by atoms with van der Waals surface area (Å²) >= 11 is 7.38. The number of piperidine rings is 1. The van der Waals surface area contributed by atoms with Gasteiger partial charge in [-0.1, -0.05) is 18.5 Å². The fourth-order valence-electron chi connectivity index (χ4n) is 2.18. The number of rotatable bonds is 3. The lowest BCUT2D eigenvalue weighted by atomic mass is 9.94. The van der Waals surface area contributed by atoms with Crippen LogP contribution in [0.25, 0.3) is 0 Å². The second-order valence-electron chi connectivity index (χ2n) is 4.95. The molecule has 1 fully saturated rings. The fraction of sp³-hybridized carbons (Fsp3) is 0.615. The minimum atomic E-state index is -0.128. The number of carbonyl (C=O) groups is 1. The first-order valence-corrected chi connectivity index (χ1v) is 7.53. The van der Waals surface area contributed by atoms with E-state index in [0.29, 0.717) is 5.92 Å². The number of hydrogen-bond donors (Lipinski definition) is 2. The number of halogens is 2. The van der Waals surface area contributed by atoms with Gasteiger partial charge in [0, 0.05) is 17.5 Å². The van der Waals surface area contributed by atoms with Crippen LogP contribution >= 0.6 is 35.3 Å². The highest BCUT2D eigenvalue weighted by atomic mass is 35.5. The Bertz CT molecular complexity index is 425. The molecule has 108 valence electrons. The third-order valence-electron chi connectivity index (χ3n) is 3.57. The van der Waals surface area contributed by atoms with Gasteiger partial charge in [0.25, 0.3) is 0 Å². The van der Waals surface area contributed by atoms with Gasteiger partial charge < -0.3 is 10.6 Å². The molecule has 0 bridgehead atoms. The predicted octanol–water partition coefficient (Wildman–Crippen LogP) is 3.04. The van der Waals surface area contributed by atoms with Crippen LogP contribution < -0.4 is 10.6 Å². The van der Waals surface area contributed by atoms with E-state index in [-0.39, 0.29) is 30.3 Å². The average molecular weight is 323 g/mol. The molecule has 2 heterocycles. The van der Waals surface area contributed by atoms with Gasteiger partial charge in [0.2, 0.25) is 5.91 Å². The maximum atomic E-state index is 12.2. The minimum Gasteiger partial charge on any atom is -0.351 e. The molecule has 2 rings (SSSR count). The van der Waals surface area contributed by atoms with Gasteiger partial charge in [-0.2, -0.15) is 0 Å². The lowest BCUT2D eigenvalue weighted by molar-refractivity contribution is -0.123. The highest BCUT2D eigenvalue weighted by Crippen LogP contribution is 2.28. The molecule has 0 saturated carbocycles. The molecular formula is C13H20Cl2N2OS. The monoisotopic (exact) mass is 322 g/mol. The predicted molar refractivity (Wildman–Crippen MR) is 83.6 cm³/mol. The first kappa shape index (κ1) is 16.8. The van der Waals surface area contributed by atoms with E-state index >= 15 is 0 Å². The molecule has 6 heteroatoms. The van der Waals surface area contributed by atoms with Crippen molar-refractivity contribution in [2.75, 3.05) is 13.1 Å². The van der Waals surface area contributed by atoms with E-state index in [0.717, 1.165) is 28.7 Å². The lowest BCUT2D eigenvalue weighted by Gasteiger charge is -2.31. The molecule has 19 heavy (non-hydrogen) atoms. The van der Waals surface area contributed by atoms with Crippen LogP contribution in [-0.4, -0.2) is 25.0 Å². The third-order valence-corrected chi connectivity index (χ3v) is 4.98. The van der Waals surface area contributed by atoms with E-state index < -0.39 is 0 Å². The lowest BCUT2D eigenvalue weighted by Crippen LogP contribution is -2.51. The molecule has 3 nitrogen and oxygen atoms in total. The number of nitrogens with one attached hydrogen (secondary N) is 2. The van der Waals surface area contributed by atoms with Gasteiger partial charge in [0.15, 0.2) is 0 Å². The van der Waals surface area contributed by atoms with Crippen molar-refractivity contribution in [1.29, 1.82) is 0 Å². The highest BCUT2D eigenvalue weighted by molar-refractivity contribution is 7.16. The molecular weight excluding hydrogens is 303 g/mol. The highest BCUT2D eigenvalue weighted by Gasteiger charge is 2.25. The number of thiophene rings is 1. The first-order chi connectivity index (χ1) is 8.58. The van der Waals surface area contributed by atoms with E-state index in [4.69, 9.17) is 11.6 Å². The molecule has 1 saturated heterocycles. The molecule has 1 aromatic rings. The van der Waals surface area contributed by atoms with Gasteiger partial charge in [-0.25, -0.2) is 0 Å². The van der Waals surface area contributed by atoms with E-state index in [1.165, 1.54) is 11.3 Å². The SMILES string of the molecule is CC(C(=O)NC1CNCCC1C)c1ccc(Cl)s1.Cl. The molecule has 0 spiro atoms. The Kier molecular flexibility index (Phi) is 6.60. The Hall–Kier alpha value is -0.290. The molecule has 2 N–H and O–H groups in total. The maximum absolute atomic E-state index is 12.2.